The van der Waals surface area contributed by atoms with Crippen molar-refractivity contribution in [3.63, 3.8) is 0 Å². The average Bonchev–Trinajstić information content (AvgIpc) is 2.77. The molecule has 0 bridgehead atoms. The standard InChI is InChI=1S/C14H20N2O/c1-2-10-4-3-5-13(10)16-12-8-6-11(7-9-12)14(15)17/h6-10,13,16H,2-5H2,1H3,(H2,15,17). The van der Waals surface area contributed by atoms with Crippen molar-refractivity contribution in [1.82, 2.24) is 0 Å². The minimum Gasteiger partial charge on any atom is -0.382 e. The van der Waals surface area contributed by atoms with E-state index in [0.717, 1.165) is 11.6 Å². The molecule has 0 aromatic heterocycles. The Morgan fingerprint density at radius 1 is 1.35 bits per heavy atom. The van der Waals surface area contributed by atoms with Gasteiger partial charge in [0.15, 0.2) is 0 Å². The van der Waals surface area contributed by atoms with Crippen molar-refractivity contribution in [3.05, 3.63) is 29.8 Å². The monoisotopic (exact) mass is 232 g/mol. The first-order chi connectivity index (χ1) is 8.20. The van der Waals surface area contributed by atoms with Gasteiger partial charge >= 0.3 is 0 Å². The van der Waals surface area contributed by atoms with Crippen LogP contribution in [0.5, 0.6) is 0 Å². The van der Waals surface area contributed by atoms with Crippen LogP contribution in [0.3, 0.4) is 0 Å². The van der Waals surface area contributed by atoms with Crippen LogP contribution in [0.4, 0.5) is 5.69 Å². The molecule has 1 fully saturated rings. The highest BCUT2D eigenvalue weighted by Gasteiger charge is 2.25. The van der Waals surface area contributed by atoms with Gasteiger partial charge in [-0.1, -0.05) is 19.8 Å². The second-order valence-corrected chi connectivity index (χ2v) is 4.79. The van der Waals surface area contributed by atoms with Crippen LogP contribution in [0.2, 0.25) is 0 Å². The predicted molar refractivity (Wildman–Crippen MR) is 70.0 cm³/mol. The molecule has 2 unspecified atom stereocenters. The van der Waals surface area contributed by atoms with Crippen LogP contribution in [0.25, 0.3) is 0 Å². The van der Waals surface area contributed by atoms with E-state index in [4.69, 9.17) is 5.73 Å². The van der Waals surface area contributed by atoms with E-state index in [9.17, 15) is 4.79 Å². The smallest absolute Gasteiger partial charge is 0.248 e. The second kappa shape index (κ2) is 5.21. The first-order valence-electron chi connectivity index (χ1n) is 6.37. The minimum absolute atomic E-state index is 0.371. The first-order valence-corrected chi connectivity index (χ1v) is 6.37. The molecule has 2 rings (SSSR count). The third-order valence-corrected chi connectivity index (χ3v) is 3.70. The molecule has 2 atom stereocenters. The molecule has 1 aliphatic rings. The number of nitrogens with one attached hydrogen (secondary N) is 1. The summed E-state index contributed by atoms with van der Waals surface area (Å²) in [6, 6.07) is 8.01. The van der Waals surface area contributed by atoms with Crippen molar-refractivity contribution in [2.75, 3.05) is 5.32 Å². The van der Waals surface area contributed by atoms with E-state index in [1.54, 1.807) is 12.1 Å². The Bertz CT molecular complexity index is 386. The van der Waals surface area contributed by atoms with Gasteiger partial charge in [-0.3, -0.25) is 4.79 Å². The van der Waals surface area contributed by atoms with Gasteiger partial charge in [0.1, 0.15) is 0 Å². The normalized spacial score (nSPS) is 23.6. The highest BCUT2D eigenvalue weighted by atomic mass is 16.1. The lowest BCUT2D eigenvalue weighted by molar-refractivity contribution is 0.100. The highest BCUT2D eigenvalue weighted by Crippen LogP contribution is 2.30. The van der Waals surface area contributed by atoms with Crippen molar-refractivity contribution < 1.29 is 4.79 Å². The number of anilines is 1. The molecule has 17 heavy (non-hydrogen) atoms. The third-order valence-electron chi connectivity index (χ3n) is 3.70. The van der Waals surface area contributed by atoms with Crippen LogP contribution in [0, 0.1) is 5.92 Å². The van der Waals surface area contributed by atoms with Gasteiger partial charge in [0.25, 0.3) is 0 Å². The molecule has 3 heteroatoms. The van der Waals surface area contributed by atoms with Gasteiger partial charge < -0.3 is 11.1 Å². The molecule has 1 aliphatic carbocycles. The maximum Gasteiger partial charge on any atom is 0.248 e. The molecule has 1 saturated carbocycles. The SMILES string of the molecule is CCC1CCCC1Nc1ccc(C(N)=O)cc1. The van der Waals surface area contributed by atoms with E-state index >= 15 is 0 Å². The number of nitrogens with two attached hydrogens (primary N) is 1. The van der Waals surface area contributed by atoms with Gasteiger partial charge in [0.05, 0.1) is 0 Å². The number of amides is 1. The molecule has 3 nitrogen and oxygen atoms in total. The maximum atomic E-state index is 11.0. The summed E-state index contributed by atoms with van der Waals surface area (Å²) in [5, 5.41) is 3.56. The summed E-state index contributed by atoms with van der Waals surface area (Å²) < 4.78 is 0. The molecule has 92 valence electrons. The van der Waals surface area contributed by atoms with Crippen molar-refractivity contribution in [2.24, 2.45) is 11.7 Å². The summed E-state index contributed by atoms with van der Waals surface area (Å²) in [7, 11) is 0. The van der Waals surface area contributed by atoms with Crippen LogP contribution in [0.1, 0.15) is 43.0 Å². The Hall–Kier alpha value is -1.51. The van der Waals surface area contributed by atoms with Gasteiger partial charge in [-0.25, -0.2) is 0 Å². The number of primary amides is 1. The fourth-order valence-corrected chi connectivity index (χ4v) is 2.66. The molecule has 0 aliphatic heterocycles. The summed E-state index contributed by atoms with van der Waals surface area (Å²) in [5.41, 5.74) is 6.86. The molecule has 1 aromatic rings. The van der Waals surface area contributed by atoms with Gasteiger partial charge in [-0.2, -0.15) is 0 Å². The Morgan fingerprint density at radius 3 is 2.65 bits per heavy atom. The van der Waals surface area contributed by atoms with Crippen molar-refractivity contribution >= 4 is 11.6 Å². The zero-order valence-electron chi connectivity index (χ0n) is 10.3. The predicted octanol–water partition coefficient (Wildman–Crippen LogP) is 2.78. The van der Waals surface area contributed by atoms with Crippen LogP contribution in [-0.4, -0.2) is 11.9 Å². The molecule has 0 radical (unpaired) electrons. The lowest BCUT2D eigenvalue weighted by Crippen LogP contribution is -2.23. The lowest BCUT2D eigenvalue weighted by atomic mass is 10.0. The van der Waals surface area contributed by atoms with Crippen molar-refractivity contribution in [2.45, 2.75) is 38.6 Å². The molecule has 1 aromatic carbocycles. The Kier molecular flexibility index (Phi) is 3.67. The molecular formula is C14H20N2O. The number of hydrogen-bond donors (Lipinski definition) is 2. The summed E-state index contributed by atoms with van der Waals surface area (Å²) in [6.07, 6.45) is 5.12. The molecular weight excluding hydrogens is 212 g/mol. The quantitative estimate of drug-likeness (QED) is 0.838. The second-order valence-electron chi connectivity index (χ2n) is 4.79. The lowest BCUT2D eigenvalue weighted by Gasteiger charge is -2.20. The van der Waals surface area contributed by atoms with E-state index in [1.807, 2.05) is 12.1 Å². The third kappa shape index (κ3) is 2.78. The van der Waals surface area contributed by atoms with E-state index in [2.05, 4.69) is 12.2 Å². The first kappa shape index (κ1) is 12.0. The van der Waals surface area contributed by atoms with Gasteiger partial charge in [0.2, 0.25) is 5.91 Å². The van der Waals surface area contributed by atoms with Crippen LogP contribution in [-0.2, 0) is 0 Å². The summed E-state index contributed by atoms with van der Waals surface area (Å²) in [6.45, 7) is 2.25. The number of rotatable bonds is 4. The Balaban J connectivity index is 2.01. The minimum atomic E-state index is -0.371. The maximum absolute atomic E-state index is 11.0. The number of carbonyl (C=O) groups is 1. The summed E-state index contributed by atoms with van der Waals surface area (Å²) in [4.78, 5) is 11.0. The zero-order chi connectivity index (χ0) is 12.3. The van der Waals surface area contributed by atoms with E-state index in [0.29, 0.717) is 11.6 Å². The van der Waals surface area contributed by atoms with Crippen LogP contribution in [0.15, 0.2) is 24.3 Å². The van der Waals surface area contributed by atoms with E-state index in [-0.39, 0.29) is 5.91 Å². The van der Waals surface area contributed by atoms with E-state index < -0.39 is 0 Å². The summed E-state index contributed by atoms with van der Waals surface area (Å²) in [5.74, 6) is 0.412. The zero-order valence-corrected chi connectivity index (χ0v) is 10.3. The number of carbonyl (C=O) groups excluding carboxylic acids is 1. The van der Waals surface area contributed by atoms with Crippen LogP contribution < -0.4 is 11.1 Å². The molecule has 3 N–H and O–H groups in total. The van der Waals surface area contributed by atoms with Crippen molar-refractivity contribution in [1.29, 1.82) is 0 Å². The largest absolute Gasteiger partial charge is 0.382 e. The fourth-order valence-electron chi connectivity index (χ4n) is 2.66. The Morgan fingerprint density at radius 2 is 2.06 bits per heavy atom. The number of benzene rings is 1. The molecule has 0 heterocycles. The average molecular weight is 232 g/mol. The van der Waals surface area contributed by atoms with Gasteiger partial charge in [-0.15, -0.1) is 0 Å². The summed E-state index contributed by atoms with van der Waals surface area (Å²) >= 11 is 0. The fraction of sp³-hybridized carbons (Fsp3) is 0.500. The van der Waals surface area contributed by atoms with Crippen molar-refractivity contribution in [3.8, 4) is 0 Å². The molecule has 0 spiro atoms. The molecule has 1 amide bonds. The Labute approximate surface area is 102 Å². The van der Waals surface area contributed by atoms with Gasteiger partial charge in [0, 0.05) is 17.3 Å². The van der Waals surface area contributed by atoms with Gasteiger partial charge in [-0.05, 0) is 43.0 Å². The van der Waals surface area contributed by atoms with Crippen LogP contribution >= 0.6 is 0 Å². The molecule has 0 saturated heterocycles. The highest BCUT2D eigenvalue weighted by molar-refractivity contribution is 5.93. The topological polar surface area (TPSA) is 55.1 Å². The number of hydrogen-bond acceptors (Lipinski definition) is 2. The van der Waals surface area contributed by atoms with E-state index in [1.165, 1.54) is 25.7 Å².